The maximum atomic E-state index is 6.20. The fourth-order valence-corrected chi connectivity index (χ4v) is 2.23. The minimum absolute atomic E-state index is 0. The minimum Gasteiger partial charge on any atom is -0.489 e. The molecule has 112 valence electrons. The van der Waals surface area contributed by atoms with E-state index in [1.165, 1.54) is 0 Å². The molecule has 1 aliphatic carbocycles. The lowest BCUT2D eigenvalue weighted by molar-refractivity contribution is 0.229. The van der Waals surface area contributed by atoms with E-state index >= 15 is 0 Å². The van der Waals surface area contributed by atoms with Crippen molar-refractivity contribution in [3.8, 4) is 17.2 Å². The third-order valence-corrected chi connectivity index (χ3v) is 3.59. The van der Waals surface area contributed by atoms with Gasteiger partial charge < -0.3 is 15.0 Å². The van der Waals surface area contributed by atoms with Crippen molar-refractivity contribution in [2.75, 3.05) is 6.61 Å². The third kappa shape index (κ3) is 2.94. The molecular formula is C15H18ClN3O2. The van der Waals surface area contributed by atoms with Crippen molar-refractivity contribution in [3.05, 3.63) is 42.7 Å². The molecule has 0 spiro atoms. The molecule has 1 saturated carbocycles. The molecule has 2 N–H and O–H groups in total. The van der Waals surface area contributed by atoms with E-state index in [-0.39, 0.29) is 12.4 Å². The molecule has 21 heavy (non-hydrogen) atoms. The second-order valence-corrected chi connectivity index (χ2v) is 5.03. The van der Waals surface area contributed by atoms with Gasteiger partial charge in [-0.05, 0) is 31.4 Å². The van der Waals surface area contributed by atoms with Crippen LogP contribution in [0.3, 0.4) is 0 Å². The zero-order chi connectivity index (χ0) is 14.0. The number of halogens is 1. The van der Waals surface area contributed by atoms with E-state index in [4.69, 9.17) is 15.0 Å². The standard InChI is InChI=1S/C15H17N3O2.ClH/c1-2-10-19-12-7-4-3-6-11(12)13-17-14(18-20-13)15(16)8-5-9-15;/h2-4,6-7H,1,5,8-10,16H2;1H. The number of ether oxygens (including phenoxy) is 1. The monoisotopic (exact) mass is 307 g/mol. The van der Waals surface area contributed by atoms with E-state index in [2.05, 4.69) is 16.7 Å². The van der Waals surface area contributed by atoms with Gasteiger partial charge in [0.25, 0.3) is 5.89 Å². The van der Waals surface area contributed by atoms with Crippen molar-refractivity contribution >= 4 is 12.4 Å². The lowest BCUT2D eigenvalue weighted by atomic mass is 9.77. The molecule has 1 aromatic carbocycles. The van der Waals surface area contributed by atoms with Gasteiger partial charge in [0.05, 0.1) is 11.1 Å². The van der Waals surface area contributed by atoms with Gasteiger partial charge >= 0.3 is 0 Å². The average molecular weight is 308 g/mol. The number of hydrogen-bond donors (Lipinski definition) is 1. The number of benzene rings is 1. The number of nitrogens with zero attached hydrogens (tertiary/aromatic N) is 2. The molecule has 6 heteroatoms. The van der Waals surface area contributed by atoms with Crippen LogP contribution in [0, 0.1) is 0 Å². The van der Waals surface area contributed by atoms with Gasteiger partial charge in [0.2, 0.25) is 0 Å². The normalized spacial score (nSPS) is 15.7. The summed E-state index contributed by atoms with van der Waals surface area (Å²) in [6, 6.07) is 7.56. The summed E-state index contributed by atoms with van der Waals surface area (Å²) >= 11 is 0. The summed E-state index contributed by atoms with van der Waals surface area (Å²) < 4.78 is 10.9. The average Bonchev–Trinajstić information content (AvgIpc) is 2.93. The molecule has 1 fully saturated rings. The molecule has 0 aliphatic heterocycles. The van der Waals surface area contributed by atoms with Crippen molar-refractivity contribution in [1.82, 2.24) is 10.1 Å². The molecule has 0 amide bonds. The van der Waals surface area contributed by atoms with Gasteiger partial charge in [0.1, 0.15) is 12.4 Å². The highest BCUT2D eigenvalue weighted by atomic mass is 35.5. The summed E-state index contributed by atoms with van der Waals surface area (Å²) in [6.45, 7) is 4.07. The Hall–Kier alpha value is -1.85. The Bertz CT molecular complexity index is 623. The highest BCUT2D eigenvalue weighted by Crippen LogP contribution is 2.38. The molecular weight excluding hydrogens is 290 g/mol. The Labute approximate surface area is 129 Å². The van der Waals surface area contributed by atoms with Gasteiger partial charge in [-0.25, -0.2) is 0 Å². The Morgan fingerprint density at radius 1 is 1.38 bits per heavy atom. The first kappa shape index (κ1) is 15.5. The SMILES string of the molecule is C=CCOc1ccccc1-c1nc(C2(N)CCC2)no1.Cl. The largest absolute Gasteiger partial charge is 0.489 e. The number of hydrogen-bond acceptors (Lipinski definition) is 5. The van der Waals surface area contributed by atoms with Crippen LogP contribution in [0.1, 0.15) is 25.1 Å². The molecule has 0 radical (unpaired) electrons. The molecule has 0 saturated heterocycles. The fourth-order valence-electron chi connectivity index (χ4n) is 2.23. The van der Waals surface area contributed by atoms with Gasteiger partial charge in [-0.1, -0.05) is 29.9 Å². The van der Waals surface area contributed by atoms with Crippen molar-refractivity contribution < 1.29 is 9.26 Å². The lowest BCUT2D eigenvalue weighted by Crippen LogP contribution is -2.44. The van der Waals surface area contributed by atoms with E-state index in [0.29, 0.717) is 24.1 Å². The quantitative estimate of drug-likeness (QED) is 0.859. The summed E-state index contributed by atoms with van der Waals surface area (Å²) in [5, 5.41) is 4.02. The summed E-state index contributed by atoms with van der Waals surface area (Å²) in [4.78, 5) is 4.43. The van der Waals surface area contributed by atoms with Crippen LogP contribution in [0.4, 0.5) is 0 Å². The van der Waals surface area contributed by atoms with Crippen molar-refractivity contribution in [2.45, 2.75) is 24.8 Å². The van der Waals surface area contributed by atoms with Crippen LogP contribution < -0.4 is 10.5 Å². The lowest BCUT2D eigenvalue weighted by Gasteiger charge is -2.34. The van der Waals surface area contributed by atoms with E-state index in [1.54, 1.807) is 6.08 Å². The Balaban J connectivity index is 0.00000161. The maximum Gasteiger partial charge on any atom is 0.261 e. The van der Waals surface area contributed by atoms with Crippen LogP contribution in [-0.4, -0.2) is 16.7 Å². The highest BCUT2D eigenvalue weighted by Gasteiger charge is 2.39. The summed E-state index contributed by atoms with van der Waals surface area (Å²) in [6.07, 6.45) is 4.61. The van der Waals surface area contributed by atoms with Crippen LogP contribution in [0.5, 0.6) is 5.75 Å². The topological polar surface area (TPSA) is 74.2 Å². The Kier molecular flexibility index (Phi) is 4.65. The highest BCUT2D eigenvalue weighted by molar-refractivity contribution is 5.85. The molecule has 1 aliphatic rings. The Morgan fingerprint density at radius 2 is 2.14 bits per heavy atom. The molecule has 1 heterocycles. The molecule has 0 atom stereocenters. The first-order chi connectivity index (χ1) is 9.73. The second kappa shape index (κ2) is 6.28. The number of para-hydroxylation sites is 1. The first-order valence-corrected chi connectivity index (χ1v) is 6.69. The number of nitrogens with two attached hydrogens (primary N) is 1. The zero-order valence-corrected chi connectivity index (χ0v) is 12.4. The van der Waals surface area contributed by atoms with E-state index in [0.717, 1.165) is 24.8 Å². The van der Waals surface area contributed by atoms with E-state index in [9.17, 15) is 0 Å². The molecule has 2 aromatic rings. The van der Waals surface area contributed by atoms with Gasteiger partial charge in [-0.15, -0.1) is 12.4 Å². The van der Waals surface area contributed by atoms with Crippen LogP contribution in [0.25, 0.3) is 11.5 Å². The van der Waals surface area contributed by atoms with Gasteiger partial charge in [-0.2, -0.15) is 4.98 Å². The van der Waals surface area contributed by atoms with Crippen LogP contribution in [0.15, 0.2) is 41.4 Å². The van der Waals surface area contributed by atoms with Gasteiger partial charge in [0, 0.05) is 0 Å². The predicted octanol–water partition coefficient (Wildman–Crippen LogP) is 3.06. The molecule has 0 unspecified atom stereocenters. The predicted molar refractivity (Wildman–Crippen MR) is 82.4 cm³/mol. The second-order valence-electron chi connectivity index (χ2n) is 5.03. The van der Waals surface area contributed by atoms with Gasteiger partial charge in [-0.3, -0.25) is 0 Å². The van der Waals surface area contributed by atoms with E-state index < -0.39 is 5.54 Å². The summed E-state index contributed by atoms with van der Waals surface area (Å²) in [7, 11) is 0. The van der Waals surface area contributed by atoms with Crippen LogP contribution >= 0.6 is 12.4 Å². The number of rotatable bonds is 5. The van der Waals surface area contributed by atoms with Crippen LogP contribution in [-0.2, 0) is 5.54 Å². The minimum atomic E-state index is -0.418. The molecule has 1 aromatic heterocycles. The molecule has 5 nitrogen and oxygen atoms in total. The number of aromatic nitrogens is 2. The zero-order valence-electron chi connectivity index (χ0n) is 11.6. The molecule has 0 bridgehead atoms. The van der Waals surface area contributed by atoms with Crippen LogP contribution in [0.2, 0.25) is 0 Å². The van der Waals surface area contributed by atoms with Gasteiger partial charge in [0.15, 0.2) is 5.82 Å². The summed E-state index contributed by atoms with van der Waals surface area (Å²) in [5.41, 5.74) is 6.56. The fraction of sp³-hybridized carbons (Fsp3) is 0.333. The molecule has 3 rings (SSSR count). The van der Waals surface area contributed by atoms with Crippen molar-refractivity contribution in [1.29, 1.82) is 0 Å². The van der Waals surface area contributed by atoms with Crippen molar-refractivity contribution in [3.63, 3.8) is 0 Å². The first-order valence-electron chi connectivity index (χ1n) is 6.69. The smallest absolute Gasteiger partial charge is 0.261 e. The van der Waals surface area contributed by atoms with E-state index in [1.807, 2.05) is 24.3 Å². The summed E-state index contributed by atoms with van der Waals surface area (Å²) in [5.74, 6) is 1.72. The third-order valence-electron chi connectivity index (χ3n) is 3.59. The maximum absolute atomic E-state index is 6.20. The van der Waals surface area contributed by atoms with Crippen molar-refractivity contribution in [2.24, 2.45) is 5.73 Å². The Morgan fingerprint density at radius 3 is 2.81 bits per heavy atom.